The average Bonchev–Trinajstić information content (AvgIpc) is 3.08. The Bertz CT molecular complexity index is 903. The molecule has 0 spiro atoms. The minimum Gasteiger partial charge on any atom is -0.462 e. The number of nitrogens with one attached hydrogen (secondary N) is 1. The monoisotopic (exact) mass is 400 g/mol. The van der Waals surface area contributed by atoms with E-state index >= 15 is 0 Å². The third-order valence-electron chi connectivity index (χ3n) is 3.55. The van der Waals surface area contributed by atoms with Crippen LogP contribution in [0, 0.1) is 5.92 Å². The fourth-order valence-electron chi connectivity index (χ4n) is 2.25. The fraction of sp³-hybridized carbons (Fsp3) is 0.250. The summed E-state index contributed by atoms with van der Waals surface area (Å²) in [7, 11) is 0. The maximum absolute atomic E-state index is 12.2. The lowest BCUT2D eigenvalue weighted by molar-refractivity contribution is -0.113. The quantitative estimate of drug-likeness (QED) is 0.454. The first-order valence-corrected chi connectivity index (χ1v) is 10.4. The van der Waals surface area contributed by atoms with Crippen molar-refractivity contribution in [2.45, 2.75) is 18.2 Å². The normalized spacial score (nSPS) is 10.9. The molecule has 1 N–H and O–H groups in total. The summed E-state index contributed by atoms with van der Waals surface area (Å²) >= 11 is 2.99. The van der Waals surface area contributed by atoms with Gasteiger partial charge in [0, 0.05) is 5.69 Å². The number of rotatable bonds is 7. The SMILES string of the molecule is CC(C)COC(=O)c1ccc(NC(=O)CSc2nc3ccccc3s2)cc1. The van der Waals surface area contributed by atoms with Gasteiger partial charge >= 0.3 is 5.97 Å². The topological polar surface area (TPSA) is 68.3 Å². The molecule has 0 saturated carbocycles. The highest BCUT2D eigenvalue weighted by Crippen LogP contribution is 2.29. The zero-order chi connectivity index (χ0) is 19.2. The fourth-order valence-corrected chi connectivity index (χ4v) is 4.12. The van der Waals surface area contributed by atoms with Crippen molar-refractivity contribution in [2.24, 2.45) is 5.92 Å². The van der Waals surface area contributed by atoms with Gasteiger partial charge in [0.15, 0.2) is 4.34 Å². The van der Waals surface area contributed by atoms with Crippen molar-refractivity contribution >= 4 is 50.9 Å². The summed E-state index contributed by atoms with van der Waals surface area (Å²) in [6.07, 6.45) is 0. The molecule has 5 nitrogen and oxygen atoms in total. The number of amides is 1. The number of hydrogen-bond donors (Lipinski definition) is 1. The number of hydrogen-bond acceptors (Lipinski definition) is 6. The Hall–Kier alpha value is -2.38. The van der Waals surface area contributed by atoms with Crippen LogP contribution in [0.2, 0.25) is 0 Å². The van der Waals surface area contributed by atoms with Gasteiger partial charge in [-0.25, -0.2) is 9.78 Å². The number of esters is 1. The number of aromatic nitrogens is 1. The molecule has 7 heteroatoms. The van der Waals surface area contributed by atoms with Gasteiger partial charge < -0.3 is 10.1 Å². The third kappa shape index (κ3) is 5.55. The van der Waals surface area contributed by atoms with Gasteiger partial charge in [-0.3, -0.25) is 4.79 Å². The molecule has 3 aromatic rings. The van der Waals surface area contributed by atoms with Crippen LogP contribution in [0.1, 0.15) is 24.2 Å². The first kappa shape index (κ1) is 19.4. The lowest BCUT2D eigenvalue weighted by Gasteiger charge is -2.08. The molecular weight excluding hydrogens is 380 g/mol. The highest BCUT2D eigenvalue weighted by atomic mass is 32.2. The molecule has 2 aromatic carbocycles. The van der Waals surface area contributed by atoms with E-state index in [2.05, 4.69) is 10.3 Å². The summed E-state index contributed by atoms with van der Waals surface area (Å²) in [6, 6.07) is 14.6. The van der Waals surface area contributed by atoms with Gasteiger partial charge in [-0.15, -0.1) is 11.3 Å². The van der Waals surface area contributed by atoms with Crippen molar-refractivity contribution in [3.63, 3.8) is 0 Å². The van der Waals surface area contributed by atoms with E-state index in [4.69, 9.17) is 4.74 Å². The van der Waals surface area contributed by atoms with Gasteiger partial charge in [-0.05, 0) is 42.3 Å². The summed E-state index contributed by atoms with van der Waals surface area (Å²) in [5.74, 6) is 0.0978. The minimum atomic E-state index is -0.354. The van der Waals surface area contributed by atoms with E-state index in [9.17, 15) is 9.59 Å². The summed E-state index contributed by atoms with van der Waals surface area (Å²) < 4.78 is 7.17. The van der Waals surface area contributed by atoms with Gasteiger partial charge in [0.1, 0.15) is 0 Å². The molecule has 0 aliphatic carbocycles. The van der Waals surface area contributed by atoms with E-state index in [1.54, 1.807) is 35.6 Å². The molecule has 0 saturated heterocycles. The zero-order valence-electron chi connectivity index (χ0n) is 15.1. The van der Waals surface area contributed by atoms with Crippen LogP contribution in [0.3, 0.4) is 0 Å². The Balaban J connectivity index is 1.50. The van der Waals surface area contributed by atoms with Crippen LogP contribution in [0.5, 0.6) is 0 Å². The van der Waals surface area contributed by atoms with Crippen LogP contribution >= 0.6 is 23.1 Å². The standard InChI is InChI=1S/C20H20N2O3S2/c1-13(2)11-25-19(24)14-7-9-15(10-8-14)21-18(23)12-26-20-22-16-5-3-4-6-17(16)27-20/h3-10,13H,11-12H2,1-2H3,(H,21,23). The van der Waals surface area contributed by atoms with Crippen LogP contribution in [0.4, 0.5) is 5.69 Å². The second kappa shape index (κ2) is 9.01. The number of carbonyl (C=O) groups excluding carboxylic acids is 2. The number of benzene rings is 2. The van der Waals surface area contributed by atoms with Gasteiger partial charge in [-0.2, -0.15) is 0 Å². The van der Waals surface area contributed by atoms with E-state index in [1.165, 1.54) is 11.8 Å². The van der Waals surface area contributed by atoms with E-state index in [0.29, 0.717) is 23.8 Å². The second-order valence-electron chi connectivity index (χ2n) is 6.35. The highest BCUT2D eigenvalue weighted by Gasteiger charge is 2.10. The largest absolute Gasteiger partial charge is 0.462 e. The molecule has 0 aliphatic heterocycles. The number of nitrogens with zero attached hydrogens (tertiary/aromatic N) is 1. The van der Waals surface area contributed by atoms with Crippen molar-refractivity contribution in [1.82, 2.24) is 4.98 Å². The molecule has 3 rings (SSSR count). The van der Waals surface area contributed by atoms with Gasteiger partial charge in [0.05, 0.1) is 28.1 Å². The Morgan fingerprint density at radius 3 is 2.59 bits per heavy atom. The summed E-state index contributed by atoms with van der Waals surface area (Å²) in [5, 5.41) is 2.83. The first-order valence-electron chi connectivity index (χ1n) is 8.56. The maximum atomic E-state index is 12.2. The third-order valence-corrected chi connectivity index (χ3v) is 5.73. The van der Waals surface area contributed by atoms with Gasteiger partial charge in [0.2, 0.25) is 5.91 Å². The average molecular weight is 401 g/mol. The number of para-hydroxylation sites is 1. The molecule has 27 heavy (non-hydrogen) atoms. The lowest BCUT2D eigenvalue weighted by atomic mass is 10.2. The molecule has 1 amide bonds. The molecule has 0 unspecified atom stereocenters. The van der Waals surface area contributed by atoms with Gasteiger partial charge in [-0.1, -0.05) is 37.7 Å². The number of ether oxygens (including phenoxy) is 1. The zero-order valence-corrected chi connectivity index (χ0v) is 16.7. The molecular formula is C20H20N2O3S2. The van der Waals surface area contributed by atoms with Crippen LogP contribution in [0.15, 0.2) is 52.9 Å². The van der Waals surface area contributed by atoms with Crippen LogP contribution in [-0.4, -0.2) is 29.2 Å². The van der Waals surface area contributed by atoms with Crippen molar-refractivity contribution in [1.29, 1.82) is 0 Å². The lowest BCUT2D eigenvalue weighted by Crippen LogP contribution is -2.14. The molecule has 1 aromatic heterocycles. The number of thioether (sulfide) groups is 1. The van der Waals surface area contributed by atoms with Crippen LogP contribution in [-0.2, 0) is 9.53 Å². The number of thiazole rings is 1. The summed E-state index contributed by atoms with van der Waals surface area (Å²) in [4.78, 5) is 28.6. The first-order chi connectivity index (χ1) is 13.0. The van der Waals surface area contributed by atoms with Crippen LogP contribution < -0.4 is 5.32 Å². The van der Waals surface area contributed by atoms with Crippen molar-refractivity contribution < 1.29 is 14.3 Å². The van der Waals surface area contributed by atoms with E-state index in [1.807, 2.05) is 38.1 Å². The van der Waals surface area contributed by atoms with E-state index < -0.39 is 0 Å². The Kier molecular flexibility index (Phi) is 6.47. The number of carbonyl (C=O) groups is 2. The molecule has 0 fully saturated rings. The van der Waals surface area contributed by atoms with Crippen molar-refractivity contribution in [3.8, 4) is 0 Å². The van der Waals surface area contributed by atoms with Crippen molar-refractivity contribution in [2.75, 3.05) is 17.7 Å². The maximum Gasteiger partial charge on any atom is 0.338 e. The predicted molar refractivity (Wildman–Crippen MR) is 111 cm³/mol. The Morgan fingerprint density at radius 1 is 1.15 bits per heavy atom. The minimum absolute atomic E-state index is 0.116. The molecule has 0 bridgehead atoms. The molecule has 0 atom stereocenters. The smallest absolute Gasteiger partial charge is 0.338 e. The van der Waals surface area contributed by atoms with Gasteiger partial charge in [0.25, 0.3) is 0 Å². The van der Waals surface area contributed by atoms with E-state index in [0.717, 1.165) is 14.6 Å². The predicted octanol–water partition coefficient (Wildman–Crippen LogP) is 4.84. The summed E-state index contributed by atoms with van der Waals surface area (Å²) in [6.45, 7) is 4.36. The molecule has 0 aliphatic rings. The molecule has 1 heterocycles. The number of fused-ring (bicyclic) bond motifs is 1. The van der Waals surface area contributed by atoms with Crippen LogP contribution in [0.25, 0.3) is 10.2 Å². The second-order valence-corrected chi connectivity index (χ2v) is 8.61. The molecule has 0 radical (unpaired) electrons. The Morgan fingerprint density at radius 2 is 1.89 bits per heavy atom. The Labute approximate surface area is 166 Å². The molecule has 140 valence electrons. The van der Waals surface area contributed by atoms with E-state index in [-0.39, 0.29) is 17.6 Å². The summed E-state index contributed by atoms with van der Waals surface area (Å²) in [5.41, 5.74) is 2.06. The van der Waals surface area contributed by atoms with Crippen molar-refractivity contribution in [3.05, 3.63) is 54.1 Å². The number of anilines is 1. The highest BCUT2D eigenvalue weighted by molar-refractivity contribution is 8.01.